The molecule has 1 saturated heterocycles. The predicted molar refractivity (Wildman–Crippen MR) is 95.9 cm³/mol. The average Bonchev–Trinajstić information content (AvgIpc) is 3.29. The number of nitrogens with two attached hydrogens (primary N) is 2. The Bertz CT molecular complexity index is 862. The van der Waals surface area contributed by atoms with Crippen LogP contribution in [0.25, 0.3) is 11.3 Å². The van der Waals surface area contributed by atoms with E-state index in [2.05, 4.69) is 30.4 Å². The van der Waals surface area contributed by atoms with Gasteiger partial charge in [-0.3, -0.25) is 0 Å². The number of aromatic amines is 1. The highest BCUT2D eigenvalue weighted by atomic mass is 16.5. The molecule has 0 amide bonds. The molecule has 5 N–H and O–H groups in total. The molecule has 1 unspecified atom stereocenters. The molecule has 3 heterocycles. The topological polar surface area (TPSA) is 145 Å². The molecule has 10 heteroatoms. The van der Waals surface area contributed by atoms with Crippen LogP contribution in [0.3, 0.4) is 0 Å². The molecule has 1 fully saturated rings. The maximum Gasteiger partial charge on any atom is 0.232 e. The first-order valence-electron chi connectivity index (χ1n) is 8.27. The van der Waals surface area contributed by atoms with Gasteiger partial charge in [0.25, 0.3) is 0 Å². The number of hydrogen-bond acceptors (Lipinski definition) is 9. The van der Waals surface area contributed by atoms with Crippen molar-refractivity contribution in [3.63, 3.8) is 0 Å². The number of nitrogen functional groups attached to an aromatic ring is 2. The summed E-state index contributed by atoms with van der Waals surface area (Å²) in [5, 5.41) is 11.1. The molecule has 2 aromatic heterocycles. The summed E-state index contributed by atoms with van der Waals surface area (Å²) in [4.78, 5) is 14.0. The zero-order valence-corrected chi connectivity index (χ0v) is 14.0. The maximum atomic E-state index is 6.02. The number of rotatable bonds is 5. The number of hydrogen-bond donors (Lipinski definition) is 3. The number of aromatic nitrogens is 6. The monoisotopic (exact) mass is 353 g/mol. The lowest BCUT2D eigenvalue weighted by atomic mass is 10.1. The molecule has 0 aliphatic carbocycles. The third kappa shape index (κ3) is 3.40. The van der Waals surface area contributed by atoms with Crippen molar-refractivity contribution >= 4 is 17.8 Å². The second-order valence-electron chi connectivity index (χ2n) is 6.00. The fourth-order valence-electron chi connectivity index (χ4n) is 2.96. The minimum Gasteiger partial charge on any atom is -0.370 e. The van der Waals surface area contributed by atoms with Gasteiger partial charge in [0.05, 0.1) is 12.7 Å². The zero-order chi connectivity index (χ0) is 17.9. The average molecular weight is 353 g/mol. The van der Waals surface area contributed by atoms with Crippen LogP contribution in [0.15, 0.2) is 30.3 Å². The molecule has 1 atom stereocenters. The van der Waals surface area contributed by atoms with Gasteiger partial charge in [-0.2, -0.15) is 30.4 Å². The van der Waals surface area contributed by atoms with Gasteiger partial charge in [0, 0.05) is 18.7 Å². The van der Waals surface area contributed by atoms with Crippen molar-refractivity contribution in [1.29, 1.82) is 0 Å². The summed E-state index contributed by atoms with van der Waals surface area (Å²) in [6.07, 6.45) is 0.888. The number of nitrogens with one attached hydrogen (secondary N) is 1. The SMILES string of the molecule is Nc1nc(N)nc(N2CCC(OCc3n[nH]nc3-c3ccccc3)C2)n1. The van der Waals surface area contributed by atoms with Gasteiger partial charge < -0.3 is 21.1 Å². The summed E-state index contributed by atoms with van der Waals surface area (Å²) >= 11 is 0. The minimum absolute atomic E-state index is 0.0366. The Hall–Kier alpha value is -3.27. The van der Waals surface area contributed by atoms with E-state index in [1.165, 1.54) is 0 Å². The highest BCUT2D eigenvalue weighted by Crippen LogP contribution is 2.23. The highest BCUT2D eigenvalue weighted by molar-refractivity contribution is 5.60. The second-order valence-corrected chi connectivity index (χ2v) is 6.00. The van der Waals surface area contributed by atoms with Crippen molar-refractivity contribution in [3.05, 3.63) is 36.0 Å². The number of anilines is 3. The molecular weight excluding hydrogens is 334 g/mol. The standard InChI is InChI=1S/C16H19N9O/c17-14-19-15(18)21-16(20-14)25-7-6-11(8-25)26-9-12-13(23-24-22-12)10-4-2-1-3-5-10/h1-5,11H,6-9H2,(H,22,23,24)(H4,17,18,19,20,21). The molecule has 10 nitrogen and oxygen atoms in total. The Morgan fingerprint density at radius 1 is 1.08 bits per heavy atom. The fourth-order valence-corrected chi connectivity index (χ4v) is 2.96. The normalized spacial score (nSPS) is 16.9. The molecule has 4 rings (SSSR count). The van der Waals surface area contributed by atoms with Crippen LogP contribution in [-0.4, -0.2) is 49.6 Å². The van der Waals surface area contributed by atoms with Crippen LogP contribution in [0.1, 0.15) is 12.1 Å². The van der Waals surface area contributed by atoms with Gasteiger partial charge in [-0.25, -0.2) is 0 Å². The van der Waals surface area contributed by atoms with Crippen LogP contribution in [0.5, 0.6) is 0 Å². The Kier molecular flexibility index (Phi) is 4.32. The van der Waals surface area contributed by atoms with Crippen molar-refractivity contribution in [1.82, 2.24) is 30.4 Å². The van der Waals surface area contributed by atoms with E-state index in [9.17, 15) is 0 Å². The third-order valence-corrected chi connectivity index (χ3v) is 4.21. The summed E-state index contributed by atoms with van der Waals surface area (Å²) in [5.41, 5.74) is 13.9. The molecular formula is C16H19N9O. The van der Waals surface area contributed by atoms with Gasteiger partial charge in [0.2, 0.25) is 17.8 Å². The predicted octanol–water partition coefficient (Wildman–Crippen LogP) is 0.617. The quantitative estimate of drug-likeness (QED) is 0.600. The lowest BCUT2D eigenvalue weighted by Crippen LogP contribution is -2.25. The first-order valence-corrected chi connectivity index (χ1v) is 8.27. The van der Waals surface area contributed by atoms with E-state index in [0.717, 1.165) is 29.9 Å². The first kappa shape index (κ1) is 16.2. The van der Waals surface area contributed by atoms with Crippen LogP contribution in [0.2, 0.25) is 0 Å². The van der Waals surface area contributed by atoms with E-state index in [1.54, 1.807) is 0 Å². The molecule has 1 aliphatic heterocycles. The lowest BCUT2D eigenvalue weighted by molar-refractivity contribution is 0.0535. The molecule has 0 radical (unpaired) electrons. The van der Waals surface area contributed by atoms with Crippen molar-refractivity contribution in [3.8, 4) is 11.3 Å². The smallest absolute Gasteiger partial charge is 0.232 e. The van der Waals surface area contributed by atoms with Crippen LogP contribution in [-0.2, 0) is 11.3 Å². The van der Waals surface area contributed by atoms with Crippen LogP contribution in [0, 0.1) is 0 Å². The summed E-state index contributed by atoms with van der Waals surface area (Å²) in [7, 11) is 0. The van der Waals surface area contributed by atoms with E-state index in [0.29, 0.717) is 19.1 Å². The van der Waals surface area contributed by atoms with Crippen LogP contribution >= 0.6 is 0 Å². The Morgan fingerprint density at radius 2 is 1.85 bits per heavy atom. The maximum absolute atomic E-state index is 6.02. The summed E-state index contributed by atoms with van der Waals surface area (Å²) in [6.45, 7) is 1.79. The Labute approximate surface area is 149 Å². The van der Waals surface area contributed by atoms with Gasteiger partial charge in [-0.1, -0.05) is 30.3 Å². The van der Waals surface area contributed by atoms with Crippen molar-refractivity contribution < 1.29 is 4.74 Å². The molecule has 0 bridgehead atoms. The highest BCUT2D eigenvalue weighted by Gasteiger charge is 2.26. The fraction of sp³-hybridized carbons (Fsp3) is 0.312. The Morgan fingerprint density at radius 3 is 2.62 bits per heavy atom. The van der Waals surface area contributed by atoms with Gasteiger partial charge in [0.15, 0.2) is 0 Å². The van der Waals surface area contributed by atoms with Gasteiger partial charge >= 0.3 is 0 Å². The second kappa shape index (κ2) is 6.92. The largest absolute Gasteiger partial charge is 0.370 e. The summed E-state index contributed by atoms with van der Waals surface area (Å²) in [5.74, 6) is 0.714. The molecule has 0 saturated carbocycles. The van der Waals surface area contributed by atoms with Gasteiger partial charge in [-0.15, -0.1) is 0 Å². The number of H-pyrrole nitrogens is 1. The molecule has 1 aliphatic rings. The third-order valence-electron chi connectivity index (χ3n) is 4.21. The van der Waals surface area contributed by atoms with E-state index >= 15 is 0 Å². The number of ether oxygens (including phenoxy) is 1. The van der Waals surface area contributed by atoms with Crippen LogP contribution < -0.4 is 16.4 Å². The Balaban J connectivity index is 1.39. The molecule has 26 heavy (non-hydrogen) atoms. The van der Waals surface area contributed by atoms with Crippen LogP contribution in [0.4, 0.5) is 17.8 Å². The van der Waals surface area contributed by atoms with E-state index in [1.807, 2.05) is 35.2 Å². The first-order chi connectivity index (χ1) is 12.7. The van der Waals surface area contributed by atoms with E-state index in [4.69, 9.17) is 16.2 Å². The minimum atomic E-state index is 0.0366. The van der Waals surface area contributed by atoms with Crippen molar-refractivity contribution in [2.75, 3.05) is 29.5 Å². The van der Waals surface area contributed by atoms with E-state index in [-0.39, 0.29) is 18.0 Å². The lowest BCUT2D eigenvalue weighted by Gasteiger charge is -2.16. The number of benzene rings is 1. The summed E-state index contributed by atoms with van der Waals surface area (Å²) in [6, 6.07) is 9.89. The molecule has 0 spiro atoms. The molecule has 3 aromatic rings. The van der Waals surface area contributed by atoms with Gasteiger partial charge in [0.1, 0.15) is 11.4 Å². The van der Waals surface area contributed by atoms with Gasteiger partial charge in [-0.05, 0) is 6.42 Å². The van der Waals surface area contributed by atoms with E-state index < -0.39 is 0 Å². The zero-order valence-electron chi connectivity index (χ0n) is 14.0. The van der Waals surface area contributed by atoms with Crippen molar-refractivity contribution in [2.24, 2.45) is 0 Å². The summed E-state index contributed by atoms with van der Waals surface area (Å²) < 4.78 is 6.02. The van der Waals surface area contributed by atoms with Crippen molar-refractivity contribution in [2.45, 2.75) is 19.1 Å². The molecule has 134 valence electrons. The number of nitrogens with zero attached hydrogens (tertiary/aromatic N) is 6. The molecule has 1 aromatic carbocycles.